The summed E-state index contributed by atoms with van der Waals surface area (Å²) < 4.78 is 5.27. The lowest BCUT2D eigenvalue weighted by atomic mass is 10.1. The predicted octanol–water partition coefficient (Wildman–Crippen LogP) is 1.79. The van der Waals surface area contributed by atoms with Gasteiger partial charge in [0.1, 0.15) is 6.61 Å². The predicted molar refractivity (Wildman–Crippen MR) is 75.7 cm³/mol. The lowest BCUT2D eigenvalue weighted by molar-refractivity contribution is -0.145. The fraction of sp³-hybridized carbons (Fsp3) is 0.857. The molecule has 6 heteroatoms. The third-order valence-electron chi connectivity index (χ3n) is 3.95. The van der Waals surface area contributed by atoms with Crippen LogP contribution < -0.4 is 0 Å². The van der Waals surface area contributed by atoms with Crippen LogP contribution >= 0.6 is 0 Å². The highest BCUT2D eigenvalue weighted by molar-refractivity contribution is 5.74. The maximum absolute atomic E-state index is 12.3. The van der Waals surface area contributed by atoms with Crippen molar-refractivity contribution in [3.05, 3.63) is 0 Å². The van der Waals surface area contributed by atoms with Gasteiger partial charge in [0, 0.05) is 26.2 Å². The molecule has 20 heavy (non-hydrogen) atoms. The zero-order valence-electron chi connectivity index (χ0n) is 12.7. The molecule has 1 fully saturated rings. The number of nitrogens with zero attached hydrogens (tertiary/aromatic N) is 2. The molecule has 1 heterocycles. The summed E-state index contributed by atoms with van der Waals surface area (Å²) in [6.07, 6.45) is 3.27. The van der Waals surface area contributed by atoms with Crippen molar-refractivity contribution in [2.75, 3.05) is 26.7 Å². The first-order chi connectivity index (χ1) is 9.49. The summed E-state index contributed by atoms with van der Waals surface area (Å²) in [4.78, 5) is 26.4. The fourth-order valence-electron chi connectivity index (χ4n) is 2.62. The second-order valence-corrected chi connectivity index (χ2v) is 5.25. The molecule has 0 unspecified atom stereocenters. The normalized spacial score (nSPS) is 16.5. The van der Waals surface area contributed by atoms with Gasteiger partial charge in [-0.1, -0.05) is 13.8 Å². The number of carboxylic acids is 1. The number of hydrogen-bond donors (Lipinski definition) is 1. The van der Waals surface area contributed by atoms with E-state index in [1.807, 2.05) is 16.8 Å². The van der Waals surface area contributed by atoms with Crippen LogP contribution in [0, 0.1) is 0 Å². The minimum Gasteiger partial charge on any atom is -0.480 e. The number of likely N-dealkylation sites (tertiary alicyclic amines) is 1. The first kappa shape index (κ1) is 16.8. The molecular weight excluding hydrogens is 260 g/mol. The van der Waals surface area contributed by atoms with Crippen molar-refractivity contribution in [1.82, 2.24) is 9.80 Å². The Kier molecular flexibility index (Phi) is 6.78. The lowest BCUT2D eigenvalue weighted by Gasteiger charge is -2.36. The number of aliphatic carboxylic acids is 1. The lowest BCUT2D eigenvalue weighted by Crippen LogP contribution is -2.49. The van der Waals surface area contributed by atoms with Gasteiger partial charge in [0.2, 0.25) is 0 Å². The molecule has 0 atom stereocenters. The molecule has 1 aliphatic heterocycles. The van der Waals surface area contributed by atoms with Gasteiger partial charge in [-0.2, -0.15) is 0 Å². The number of carboxylic acid groups (broad SMARTS) is 1. The molecule has 0 spiro atoms. The van der Waals surface area contributed by atoms with Crippen molar-refractivity contribution in [2.45, 2.75) is 51.7 Å². The Morgan fingerprint density at radius 1 is 1.30 bits per heavy atom. The molecule has 0 aromatic carbocycles. The molecular formula is C14H26N2O4. The second kappa shape index (κ2) is 8.09. The number of ether oxygens (including phenoxy) is 1. The van der Waals surface area contributed by atoms with Crippen molar-refractivity contribution >= 4 is 12.0 Å². The summed E-state index contributed by atoms with van der Waals surface area (Å²) in [6.45, 7) is 5.18. The SMILES string of the molecule is CCC(CC)N(C)C(=O)N1CCC(OCC(=O)O)CC1. The van der Waals surface area contributed by atoms with E-state index in [0.717, 1.165) is 12.8 Å². The van der Waals surface area contributed by atoms with Gasteiger partial charge < -0.3 is 19.6 Å². The van der Waals surface area contributed by atoms with Crippen LogP contribution in [-0.4, -0.2) is 65.8 Å². The van der Waals surface area contributed by atoms with E-state index in [-0.39, 0.29) is 24.8 Å². The second-order valence-electron chi connectivity index (χ2n) is 5.25. The summed E-state index contributed by atoms with van der Waals surface area (Å²) in [5.41, 5.74) is 0. The molecule has 0 aromatic rings. The van der Waals surface area contributed by atoms with Gasteiger partial charge in [0.05, 0.1) is 6.10 Å². The Morgan fingerprint density at radius 3 is 2.30 bits per heavy atom. The molecule has 6 nitrogen and oxygen atoms in total. The van der Waals surface area contributed by atoms with Crippen LogP contribution in [0.2, 0.25) is 0 Å². The van der Waals surface area contributed by atoms with Crippen molar-refractivity contribution in [3.8, 4) is 0 Å². The molecule has 0 radical (unpaired) electrons. The molecule has 2 amide bonds. The average Bonchev–Trinajstić information content (AvgIpc) is 2.46. The van der Waals surface area contributed by atoms with E-state index >= 15 is 0 Å². The summed E-state index contributed by atoms with van der Waals surface area (Å²) in [6, 6.07) is 0.346. The Hall–Kier alpha value is -1.30. The van der Waals surface area contributed by atoms with E-state index < -0.39 is 5.97 Å². The maximum atomic E-state index is 12.3. The third kappa shape index (κ3) is 4.67. The quantitative estimate of drug-likeness (QED) is 0.808. The van der Waals surface area contributed by atoms with Crippen LogP contribution in [0.4, 0.5) is 4.79 Å². The van der Waals surface area contributed by atoms with Crippen molar-refractivity contribution in [3.63, 3.8) is 0 Å². The van der Waals surface area contributed by atoms with E-state index in [2.05, 4.69) is 13.8 Å². The highest BCUT2D eigenvalue weighted by atomic mass is 16.5. The largest absolute Gasteiger partial charge is 0.480 e. The first-order valence-electron chi connectivity index (χ1n) is 7.34. The van der Waals surface area contributed by atoms with Gasteiger partial charge >= 0.3 is 12.0 Å². The third-order valence-corrected chi connectivity index (χ3v) is 3.95. The zero-order chi connectivity index (χ0) is 15.1. The Morgan fingerprint density at radius 2 is 1.85 bits per heavy atom. The zero-order valence-corrected chi connectivity index (χ0v) is 12.7. The van der Waals surface area contributed by atoms with Gasteiger partial charge in [0.25, 0.3) is 0 Å². The molecule has 116 valence electrons. The molecule has 0 aliphatic carbocycles. The Bertz CT molecular complexity index is 323. The van der Waals surface area contributed by atoms with E-state index in [4.69, 9.17) is 9.84 Å². The summed E-state index contributed by atoms with van der Waals surface area (Å²) in [5, 5.41) is 8.58. The average molecular weight is 286 g/mol. The van der Waals surface area contributed by atoms with Crippen LogP contribution in [0.5, 0.6) is 0 Å². The molecule has 0 bridgehead atoms. The molecule has 1 rings (SSSR count). The van der Waals surface area contributed by atoms with Crippen LogP contribution in [0.15, 0.2) is 0 Å². The topological polar surface area (TPSA) is 70.1 Å². The van der Waals surface area contributed by atoms with Gasteiger partial charge in [-0.15, -0.1) is 0 Å². The number of amides is 2. The van der Waals surface area contributed by atoms with Gasteiger partial charge in [-0.05, 0) is 25.7 Å². The van der Waals surface area contributed by atoms with E-state index in [9.17, 15) is 9.59 Å². The van der Waals surface area contributed by atoms with Crippen molar-refractivity contribution in [2.24, 2.45) is 0 Å². The minimum atomic E-state index is -0.947. The number of carbonyl (C=O) groups excluding carboxylic acids is 1. The molecule has 0 saturated carbocycles. The summed E-state index contributed by atoms with van der Waals surface area (Å²) in [7, 11) is 1.85. The maximum Gasteiger partial charge on any atom is 0.329 e. The molecule has 1 saturated heterocycles. The highest BCUT2D eigenvalue weighted by Gasteiger charge is 2.27. The summed E-state index contributed by atoms with van der Waals surface area (Å²) >= 11 is 0. The fourth-order valence-corrected chi connectivity index (χ4v) is 2.62. The number of urea groups is 1. The van der Waals surface area contributed by atoms with Crippen molar-refractivity contribution < 1.29 is 19.4 Å². The minimum absolute atomic E-state index is 0.0476. The Balaban J connectivity index is 2.40. The van der Waals surface area contributed by atoms with Crippen LogP contribution in [0.1, 0.15) is 39.5 Å². The van der Waals surface area contributed by atoms with Gasteiger partial charge in [-0.25, -0.2) is 9.59 Å². The van der Waals surface area contributed by atoms with E-state index in [1.165, 1.54) is 0 Å². The van der Waals surface area contributed by atoms with Crippen LogP contribution in [-0.2, 0) is 9.53 Å². The first-order valence-corrected chi connectivity index (χ1v) is 7.34. The highest BCUT2D eigenvalue weighted by Crippen LogP contribution is 2.17. The van der Waals surface area contributed by atoms with Crippen LogP contribution in [0.25, 0.3) is 0 Å². The standard InChI is InChI=1S/C14H26N2O4/c1-4-11(5-2)15(3)14(19)16-8-6-12(7-9-16)20-10-13(17)18/h11-12H,4-10H2,1-3H3,(H,17,18). The number of hydrogen-bond acceptors (Lipinski definition) is 3. The monoisotopic (exact) mass is 286 g/mol. The number of carbonyl (C=O) groups is 2. The van der Waals surface area contributed by atoms with E-state index in [0.29, 0.717) is 25.9 Å². The molecule has 1 N–H and O–H groups in total. The van der Waals surface area contributed by atoms with Gasteiger partial charge in [-0.3, -0.25) is 0 Å². The molecule has 1 aliphatic rings. The Labute approximate surface area is 120 Å². The number of piperidine rings is 1. The number of rotatable bonds is 6. The smallest absolute Gasteiger partial charge is 0.329 e. The van der Waals surface area contributed by atoms with Crippen LogP contribution in [0.3, 0.4) is 0 Å². The van der Waals surface area contributed by atoms with E-state index in [1.54, 1.807) is 0 Å². The summed E-state index contributed by atoms with van der Waals surface area (Å²) in [5.74, 6) is -0.947. The van der Waals surface area contributed by atoms with Gasteiger partial charge in [0.15, 0.2) is 0 Å². The molecule has 0 aromatic heterocycles. The van der Waals surface area contributed by atoms with Crippen molar-refractivity contribution in [1.29, 1.82) is 0 Å².